The number of fused-ring (bicyclic) bond motifs is 2. The van der Waals surface area contributed by atoms with Crippen LogP contribution in [0.1, 0.15) is 20.4 Å². The van der Waals surface area contributed by atoms with E-state index >= 15 is 0 Å². The fourth-order valence-electron chi connectivity index (χ4n) is 4.32. The van der Waals surface area contributed by atoms with Crippen molar-refractivity contribution in [1.82, 2.24) is 24.1 Å². The van der Waals surface area contributed by atoms with Crippen molar-refractivity contribution in [3.05, 3.63) is 44.9 Å². The summed E-state index contributed by atoms with van der Waals surface area (Å²) >= 11 is 7.28. The lowest BCUT2D eigenvalue weighted by molar-refractivity contribution is -0.143. The molecule has 1 atom stereocenters. The summed E-state index contributed by atoms with van der Waals surface area (Å²) in [6, 6.07) is 5.13. The van der Waals surface area contributed by atoms with E-state index in [1.807, 2.05) is 7.05 Å². The van der Waals surface area contributed by atoms with Gasteiger partial charge >= 0.3 is 5.97 Å². The van der Waals surface area contributed by atoms with E-state index in [1.54, 1.807) is 18.2 Å². The van der Waals surface area contributed by atoms with Crippen molar-refractivity contribution in [2.75, 3.05) is 33.2 Å². The van der Waals surface area contributed by atoms with E-state index in [0.29, 0.717) is 22.5 Å². The van der Waals surface area contributed by atoms with E-state index in [-0.39, 0.29) is 29.7 Å². The summed E-state index contributed by atoms with van der Waals surface area (Å²) in [7, 11) is -2.02. The summed E-state index contributed by atoms with van der Waals surface area (Å²) < 4.78 is 27.6. The Bertz CT molecular complexity index is 1400. The van der Waals surface area contributed by atoms with Gasteiger partial charge in [0.25, 0.3) is 15.9 Å². The second-order valence-corrected chi connectivity index (χ2v) is 11.9. The van der Waals surface area contributed by atoms with Gasteiger partial charge in [0.1, 0.15) is 11.1 Å². The molecule has 0 spiro atoms. The van der Waals surface area contributed by atoms with Gasteiger partial charge in [-0.15, -0.1) is 11.3 Å². The van der Waals surface area contributed by atoms with Gasteiger partial charge in [-0.25, -0.2) is 18.2 Å². The second-order valence-electron chi connectivity index (χ2n) is 8.46. The van der Waals surface area contributed by atoms with Crippen molar-refractivity contribution in [3.63, 3.8) is 0 Å². The lowest BCUT2D eigenvalue weighted by Gasteiger charge is -2.37. The van der Waals surface area contributed by atoms with E-state index in [4.69, 9.17) is 11.6 Å². The number of H-pyrrole nitrogens is 1. The van der Waals surface area contributed by atoms with Crippen molar-refractivity contribution >= 4 is 55.7 Å². The zero-order valence-corrected chi connectivity index (χ0v) is 20.6. The molecule has 13 heteroatoms. The van der Waals surface area contributed by atoms with Crippen LogP contribution in [0.3, 0.4) is 0 Å². The van der Waals surface area contributed by atoms with E-state index < -0.39 is 27.9 Å². The van der Waals surface area contributed by atoms with Crippen LogP contribution in [0.2, 0.25) is 5.02 Å². The molecular formula is C21H22ClN5O5S2. The number of piperazine rings is 1. The highest BCUT2D eigenvalue weighted by atomic mass is 35.5. The molecule has 34 heavy (non-hydrogen) atoms. The van der Waals surface area contributed by atoms with Crippen molar-refractivity contribution in [1.29, 1.82) is 0 Å². The molecule has 1 saturated heterocycles. The van der Waals surface area contributed by atoms with Crippen molar-refractivity contribution in [3.8, 4) is 0 Å². The number of benzene rings is 1. The zero-order valence-electron chi connectivity index (χ0n) is 18.2. The third kappa shape index (κ3) is 4.09. The number of nitrogens with zero attached hydrogens (tertiary/aromatic N) is 4. The van der Waals surface area contributed by atoms with Crippen LogP contribution >= 0.6 is 22.9 Å². The first kappa shape index (κ1) is 23.2. The van der Waals surface area contributed by atoms with Crippen LogP contribution in [-0.4, -0.2) is 88.7 Å². The Balaban J connectivity index is 1.39. The average Bonchev–Trinajstić information content (AvgIpc) is 3.42. The van der Waals surface area contributed by atoms with Gasteiger partial charge in [0.05, 0.1) is 5.69 Å². The quantitative estimate of drug-likeness (QED) is 0.534. The molecule has 180 valence electrons. The van der Waals surface area contributed by atoms with Gasteiger partial charge in [0, 0.05) is 59.9 Å². The first-order valence-electron chi connectivity index (χ1n) is 10.6. The molecule has 1 unspecified atom stereocenters. The van der Waals surface area contributed by atoms with Crippen molar-refractivity contribution < 1.29 is 23.1 Å². The van der Waals surface area contributed by atoms with Crippen molar-refractivity contribution in [2.45, 2.75) is 24.0 Å². The van der Waals surface area contributed by atoms with Crippen LogP contribution in [0.25, 0.3) is 10.9 Å². The standard InChI is InChI=1S/C21H22ClN5O5S2/c1-25-5-4-15-17(11-25)33-19(24-15)20(28)27-7-6-26(10-16(27)21(29)30)34(31,32)18-9-12-8-13(22)2-3-14(12)23-18/h2-3,8-9,16,23H,4-7,10-11H2,1H3,(H,29,30). The van der Waals surface area contributed by atoms with Crippen LogP contribution in [-0.2, 0) is 27.8 Å². The van der Waals surface area contributed by atoms with Gasteiger partial charge in [-0.3, -0.25) is 4.79 Å². The van der Waals surface area contributed by atoms with E-state index in [0.717, 1.165) is 27.8 Å². The molecule has 2 aliphatic heterocycles. The normalized spacial score (nSPS) is 19.9. The van der Waals surface area contributed by atoms with Gasteiger partial charge in [-0.1, -0.05) is 11.6 Å². The number of nitrogens with one attached hydrogen (secondary N) is 1. The summed E-state index contributed by atoms with van der Waals surface area (Å²) in [4.78, 5) is 36.9. The molecule has 4 heterocycles. The Labute approximate surface area is 204 Å². The first-order chi connectivity index (χ1) is 16.1. The third-order valence-electron chi connectivity index (χ3n) is 6.17. The molecule has 1 fully saturated rings. The summed E-state index contributed by atoms with van der Waals surface area (Å²) in [6.07, 6.45) is 0.736. The molecule has 3 aromatic rings. The summed E-state index contributed by atoms with van der Waals surface area (Å²) in [5.41, 5.74) is 1.48. The third-order valence-corrected chi connectivity index (χ3v) is 9.26. The molecule has 5 rings (SSSR count). The maximum atomic E-state index is 13.3. The topological polar surface area (TPSA) is 127 Å². The number of likely N-dealkylation sites (N-methyl/N-ethyl adjacent to an activating group) is 1. The number of hydrogen-bond acceptors (Lipinski definition) is 7. The number of hydrogen-bond donors (Lipinski definition) is 2. The SMILES string of the molecule is CN1CCc2nc(C(=O)N3CCN(S(=O)(=O)c4cc5cc(Cl)ccc5[nH]4)CC3C(=O)O)sc2C1. The number of carbonyl (C=O) groups excluding carboxylic acids is 1. The summed E-state index contributed by atoms with van der Waals surface area (Å²) in [6.45, 7) is 1.11. The molecule has 1 aromatic carbocycles. The Morgan fingerprint density at radius 3 is 2.79 bits per heavy atom. The lowest BCUT2D eigenvalue weighted by Crippen LogP contribution is -2.59. The maximum absolute atomic E-state index is 13.3. The van der Waals surface area contributed by atoms with Gasteiger partial charge in [0.15, 0.2) is 5.01 Å². The number of amides is 1. The molecule has 0 saturated carbocycles. The number of aliphatic carboxylic acids is 1. The zero-order chi connectivity index (χ0) is 24.2. The Morgan fingerprint density at radius 1 is 1.24 bits per heavy atom. The Morgan fingerprint density at radius 2 is 2.03 bits per heavy atom. The number of thiazole rings is 1. The number of carboxylic acid groups (broad SMARTS) is 1. The van der Waals surface area contributed by atoms with E-state index in [1.165, 1.54) is 22.3 Å². The smallest absolute Gasteiger partial charge is 0.327 e. The molecule has 2 aliphatic rings. The molecule has 10 nitrogen and oxygen atoms in total. The number of aromatic amines is 1. The minimum atomic E-state index is -4.01. The summed E-state index contributed by atoms with van der Waals surface area (Å²) in [5.74, 6) is -1.75. The number of carboxylic acids is 1. The minimum Gasteiger partial charge on any atom is -0.480 e. The van der Waals surface area contributed by atoms with Crippen molar-refractivity contribution in [2.24, 2.45) is 0 Å². The first-order valence-corrected chi connectivity index (χ1v) is 13.3. The lowest BCUT2D eigenvalue weighted by atomic mass is 10.2. The predicted molar refractivity (Wildman–Crippen MR) is 127 cm³/mol. The van der Waals surface area contributed by atoms with Gasteiger partial charge < -0.3 is 19.9 Å². The Hall–Kier alpha value is -2.51. The molecule has 1 amide bonds. The molecule has 2 aromatic heterocycles. The molecule has 2 N–H and O–H groups in total. The van der Waals surface area contributed by atoms with E-state index in [9.17, 15) is 23.1 Å². The van der Waals surface area contributed by atoms with E-state index in [2.05, 4.69) is 14.9 Å². The second kappa shape index (κ2) is 8.61. The number of sulfonamides is 1. The van der Waals surface area contributed by atoms with Crippen LogP contribution in [0, 0.1) is 0 Å². The van der Waals surface area contributed by atoms with Gasteiger partial charge in [-0.05, 0) is 31.3 Å². The average molecular weight is 524 g/mol. The highest BCUT2D eigenvalue weighted by Crippen LogP contribution is 2.29. The number of halogens is 1. The highest BCUT2D eigenvalue weighted by molar-refractivity contribution is 7.89. The predicted octanol–water partition coefficient (Wildman–Crippen LogP) is 1.87. The number of aromatic nitrogens is 2. The molecule has 0 radical (unpaired) electrons. The molecule has 0 bridgehead atoms. The summed E-state index contributed by atoms with van der Waals surface area (Å²) in [5, 5.41) is 11.1. The minimum absolute atomic E-state index is 0.0260. The highest BCUT2D eigenvalue weighted by Gasteiger charge is 2.41. The molecule has 0 aliphatic carbocycles. The fraction of sp³-hybridized carbons (Fsp3) is 0.381. The van der Waals surface area contributed by atoms with Crippen LogP contribution in [0.4, 0.5) is 0 Å². The largest absolute Gasteiger partial charge is 0.480 e. The Kier molecular flexibility index (Phi) is 5.89. The van der Waals surface area contributed by atoms with Gasteiger partial charge in [0.2, 0.25) is 0 Å². The molecular weight excluding hydrogens is 502 g/mol. The van der Waals surface area contributed by atoms with Crippen LogP contribution in [0.5, 0.6) is 0 Å². The number of rotatable bonds is 4. The monoisotopic (exact) mass is 523 g/mol. The maximum Gasteiger partial charge on any atom is 0.327 e. The van der Waals surface area contributed by atoms with Crippen LogP contribution in [0.15, 0.2) is 29.3 Å². The number of carbonyl (C=O) groups is 2. The fourth-order valence-corrected chi connectivity index (χ4v) is 7.10. The van der Waals surface area contributed by atoms with Gasteiger partial charge in [-0.2, -0.15) is 4.31 Å². The van der Waals surface area contributed by atoms with Crippen LogP contribution < -0.4 is 0 Å².